The van der Waals surface area contributed by atoms with E-state index in [2.05, 4.69) is 13.8 Å². The van der Waals surface area contributed by atoms with Crippen molar-refractivity contribution in [3.05, 3.63) is 0 Å². The fourth-order valence-electron chi connectivity index (χ4n) is 1.13. The van der Waals surface area contributed by atoms with Crippen LogP contribution in [0.1, 0.15) is 33.6 Å². The number of hydrogen-bond donors (Lipinski definition) is 2. The molecule has 0 heterocycles. The van der Waals surface area contributed by atoms with Crippen molar-refractivity contribution in [2.75, 3.05) is 6.54 Å². The molecule has 10 heavy (non-hydrogen) atoms. The van der Waals surface area contributed by atoms with Crippen LogP contribution in [-0.4, -0.2) is 17.3 Å². The minimum atomic E-state index is -0.617. The van der Waals surface area contributed by atoms with Crippen LogP contribution >= 0.6 is 0 Å². The van der Waals surface area contributed by atoms with E-state index in [-0.39, 0.29) is 0 Å². The van der Waals surface area contributed by atoms with E-state index in [1.807, 2.05) is 6.92 Å². The van der Waals surface area contributed by atoms with E-state index in [0.717, 1.165) is 12.8 Å². The van der Waals surface area contributed by atoms with Crippen LogP contribution in [0.4, 0.5) is 0 Å². The molecule has 0 saturated heterocycles. The van der Waals surface area contributed by atoms with E-state index < -0.39 is 5.60 Å². The van der Waals surface area contributed by atoms with Crippen LogP contribution in [0.2, 0.25) is 0 Å². The first-order valence-electron chi connectivity index (χ1n) is 3.96. The van der Waals surface area contributed by atoms with Crippen molar-refractivity contribution >= 4 is 0 Å². The van der Waals surface area contributed by atoms with Gasteiger partial charge >= 0.3 is 0 Å². The molecule has 0 bridgehead atoms. The average molecular weight is 145 g/mol. The summed E-state index contributed by atoms with van der Waals surface area (Å²) in [6.45, 7) is 6.53. The van der Waals surface area contributed by atoms with Crippen molar-refractivity contribution in [3.63, 3.8) is 0 Å². The molecular weight excluding hydrogens is 126 g/mol. The molecular formula is C8H19NO. The van der Waals surface area contributed by atoms with Gasteiger partial charge in [-0.25, -0.2) is 0 Å². The van der Waals surface area contributed by atoms with Crippen molar-refractivity contribution in [3.8, 4) is 0 Å². The Hall–Kier alpha value is -0.0800. The molecule has 0 aromatic heterocycles. The summed E-state index contributed by atoms with van der Waals surface area (Å²) >= 11 is 0. The highest BCUT2D eigenvalue weighted by atomic mass is 16.3. The van der Waals surface area contributed by atoms with Gasteiger partial charge in [-0.3, -0.25) is 0 Å². The summed E-state index contributed by atoms with van der Waals surface area (Å²) in [6, 6.07) is 0. The quantitative estimate of drug-likeness (QED) is 0.623. The Bertz CT molecular complexity index is 87.3. The van der Waals surface area contributed by atoms with Crippen molar-refractivity contribution < 1.29 is 5.11 Å². The van der Waals surface area contributed by atoms with E-state index >= 15 is 0 Å². The van der Waals surface area contributed by atoms with Crippen LogP contribution in [0.3, 0.4) is 0 Å². The molecule has 2 heteroatoms. The molecule has 3 N–H and O–H groups in total. The SMILES string of the molecule is CCC(O)(CN)CC(C)C. The predicted molar refractivity (Wildman–Crippen MR) is 43.8 cm³/mol. The molecule has 0 saturated carbocycles. The third kappa shape index (κ3) is 3.18. The van der Waals surface area contributed by atoms with Crippen LogP contribution < -0.4 is 5.73 Å². The van der Waals surface area contributed by atoms with Crippen LogP contribution in [0, 0.1) is 5.92 Å². The van der Waals surface area contributed by atoms with Crippen molar-refractivity contribution in [2.45, 2.75) is 39.2 Å². The highest BCUT2D eigenvalue weighted by Gasteiger charge is 2.23. The highest BCUT2D eigenvalue weighted by molar-refractivity contribution is 4.78. The third-order valence-corrected chi connectivity index (χ3v) is 1.83. The Morgan fingerprint density at radius 1 is 1.50 bits per heavy atom. The standard InChI is InChI=1S/C8H19NO/c1-4-8(10,6-9)5-7(2)3/h7,10H,4-6,9H2,1-3H3. The monoisotopic (exact) mass is 145 g/mol. The van der Waals surface area contributed by atoms with Gasteiger partial charge < -0.3 is 10.8 Å². The van der Waals surface area contributed by atoms with E-state index in [9.17, 15) is 5.11 Å². The second kappa shape index (κ2) is 3.94. The molecule has 0 aromatic rings. The van der Waals surface area contributed by atoms with Crippen LogP contribution in [0.15, 0.2) is 0 Å². The molecule has 0 aromatic carbocycles. The lowest BCUT2D eigenvalue weighted by Crippen LogP contribution is -2.38. The molecule has 0 radical (unpaired) electrons. The topological polar surface area (TPSA) is 46.2 Å². The molecule has 0 aliphatic rings. The second-order valence-corrected chi connectivity index (χ2v) is 3.38. The Labute approximate surface area is 63.4 Å². The van der Waals surface area contributed by atoms with Gasteiger partial charge in [-0.1, -0.05) is 20.8 Å². The summed E-state index contributed by atoms with van der Waals surface area (Å²) < 4.78 is 0. The lowest BCUT2D eigenvalue weighted by molar-refractivity contribution is 0.0246. The second-order valence-electron chi connectivity index (χ2n) is 3.38. The molecule has 0 aliphatic carbocycles. The van der Waals surface area contributed by atoms with Gasteiger partial charge in [0.25, 0.3) is 0 Å². The number of hydrogen-bond acceptors (Lipinski definition) is 2. The van der Waals surface area contributed by atoms with Gasteiger partial charge in [0.1, 0.15) is 0 Å². The summed E-state index contributed by atoms with van der Waals surface area (Å²) in [5.41, 5.74) is 4.80. The number of nitrogens with two attached hydrogens (primary N) is 1. The normalized spacial score (nSPS) is 17.4. The molecule has 62 valence electrons. The number of rotatable bonds is 4. The number of aliphatic hydroxyl groups is 1. The maximum Gasteiger partial charge on any atom is 0.0769 e. The molecule has 0 rings (SSSR count). The lowest BCUT2D eigenvalue weighted by Gasteiger charge is -2.26. The Balaban J connectivity index is 3.80. The molecule has 0 spiro atoms. The maximum absolute atomic E-state index is 9.67. The lowest BCUT2D eigenvalue weighted by atomic mass is 9.90. The molecule has 1 unspecified atom stereocenters. The first-order valence-corrected chi connectivity index (χ1v) is 3.96. The Kier molecular flexibility index (Phi) is 3.91. The van der Waals surface area contributed by atoms with Crippen LogP contribution in [0.25, 0.3) is 0 Å². The van der Waals surface area contributed by atoms with Gasteiger partial charge in [-0.15, -0.1) is 0 Å². The minimum Gasteiger partial charge on any atom is -0.389 e. The zero-order valence-corrected chi connectivity index (χ0v) is 7.22. The minimum absolute atomic E-state index is 0.377. The summed E-state index contributed by atoms with van der Waals surface area (Å²) in [6.07, 6.45) is 1.56. The summed E-state index contributed by atoms with van der Waals surface area (Å²) in [4.78, 5) is 0. The van der Waals surface area contributed by atoms with Crippen molar-refractivity contribution in [1.29, 1.82) is 0 Å². The van der Waals surface area contributed by atoms with Crippen LogP contribution in [-0.2, 0) is 0 Å². The first-order chi connectivity index (χ1) is 4.54. The first kappa shape index (κ1) is 9.92. The van der Waals surface area contributed by atoms with Gasteiger partial charge in [0.05, 0.1) is 5.60 Å². The molecule has 0 fully saturated rings. The molecule has 2 nitrogen and oxygen atoms in total. The molecule has 1 atom stereocenters. The Morgan fingerprint density at radius 3 is 2.10 bits per heavy atom. The van der Waals surface area contributed by atoms with E-state index in [0.29, 0.717) is 12.5 Å². The van der Waals surface area contributed by atoms with Gasteiger partial charge in [0.2, 0.25) is 0 Å². The van der Waals surface area contributed by atoms with Gasteiger partial charge in [-0.2, -0.15) is 0 Å². The van der Waals surface area contributed by atoms with E-state index in [4.69, 9.17) is 5.73 Å². The Morgan fingerprint density at radius 2 is 2.00 bits per heavy atom. The van der Waals surface area contributed by atoms with Crippen LogP contribution in [0.5, 0.6) is 0 Å². The van der Waals surface area contributed by atoms with Crippen molar-refractivity contribution in [2.24, 2.45) is 11.7 Å². The average Bonchev–Trinajstić information content (AvgIpc) is 1.87. The summed E-state index contributed by atoms with van der Waals surface area (Å²) in [5, 5.41) is 9.67. The van der Waals surface area contributed by atoms with E-state index in [1.54, 1.807) is 0 Å². The summed E-state index contributed by atoms with van der Waals surface area (Å²) in [7, 11) is 0. The summed E-state index contributed by atoms with van der Waals surface area (Å²) in [5.74, 6) is 0.522. The fourth-order valence-corrected chi connectivity index (χ4v) is 1.13. The zero-order chi connectivity index (χ0) is 8.20. The largest absolute Gasteiger partial charge is 0.389 e. The smallest absolute Gasteiger partial charge is 0.0769 e. The van der Waals surface area contributed by atoms with Gasteiger partial charge in [0.15, 0.2) is 0 Å². The predicted octanol–water partition coefficient (Wildman–Crippen LogP) is 1.13. The van der Waals surface area contributed by atoms with Gasteiger partial charge in [0, 0.05) is 6.54 Å². The molecule has 0 aliphatic heterocycles. The molecule has 0 amide bonds. The van der Waals surface area contributed by atoms with Gasteiger partial charge in [-0.05, 0) is 18.8 Å². The zero-order valence-electron chi connectivity index (χ0n) is 7.22. The highest BCUT2D eigenvalue weighted by Crippen LogP contribution is 2.18. The fraction of sp³-hybridized carbons (Fsp3) is 1.00. The maximum atomic E-state index is 9.67. The van der Waals surface area contributed by atoms with E-state index in [1.165, 1.54) is 0 Å². The third-order valence-electron chi connectivity index (χ3n) is 1.83. The van der Waals surface area contributed by atoms with Crippen molar-refractivity contribution in [1.82, 2.24) is 0 Å².